The lowest BCUT2D eigenvalue weighted by atomic mass is 10.0. The Balaban J connectivity index is 1.89. The number of rotatable bonds is 9. The molecule has 0 saturated carbocycles. The minimum absolute atomic E-state index is 0.121. The second-order valence-electron chi connectivity index (χ2n) is 11.7. The predicted octanol–water partition coefficient (Wildman–Crippen LogP) is 5.29. The molecule has 1 aliphatic heterocycles. The van der Waals surface area contributed by atoms with Crippen LogP contribution in [0, 0.1) is 5.92 Å². The minimum Gasteiger partial charge on any atom is -0.490 e. The number of halogens is 3. The number of hydrogen-bond acceptors (Lipinski definition) is 7. The van der Waals surface area contributed by atoms with Crippen LogP contribution in [0.1, 0.15) is 68.8 Å². The highest BCUT2D eigenvalue weighted by Gasteiger charge is 2.31. The fraction of sp³-hybridized carbons (Fsp3) is 0.594. The number of nitrogens with one attached hydrogen (secondary N) is 1. The maximum atomic E-state index is 14.1. The number of fused-ring (bicyclic) bond motifs is 1. The molecule has 4 atom stereocenters. The van der Waals surface area contributed by atoms with Crippen LogP contribution in [0.2, 0.25) is 0 Å². The molecular weight excluding hydrogens is 577 g/mol. The van der Waals surface area contributed by atoms with Gasteiger partial charge in [-0.2, -0.15) is 13.2 Å². The first kappa shape index (κ1) is 35.3. The molecular formula is C32H45F3N4O5. The van der Waals surface area contributed by atoms with Crippen LogP contribution in [-0.4, -0.2) is 89.5 Å². The molecule has 2 heterocycles. The molecule has 2 N–H and O–H groups in total. The number of nitrogens with zero attached hydrogens (tertiary/aromatic N) is 3. The van der Waals surface area contributed by atoms with Crippen molar-refractivity contribution in [1.29, 1.82) is 0 Å². The van der Waals surface area contributed by atoms with E-state index >= 15 is 0 Å². The van der Waals surface area contributed by atoms with Crippen molar-refractivity contribution in [3.05, 3.63) is 53.9 Å². The summed E-state index contributed by atoms with van der Waals surface area (Å²) in [5, 5.41) is 12.6. The highest BCUT2D eigenvalue weighted by molar-refractivity contribution is 5.99. The molecule has 9 nitrogen and oxygen atoms in total. The number of carbonyl (C=O) groups is 2. The van der Waals surface area contributed by atoms with Crippen molar-refractivity contribution in [2.24, 2.45) is 5.92 Å². The van der Waals surface area contributed by atoms with Crippen LogP contribution in [-0.2, 0) is 16.1 Å². The first-order chi connectivity index (χ1) is 20.9. The van der Waals surface area contributed by atoms with Crippen LogP contribution in [0.15, 0.2) is 42.7 Å². The van der Waals surface area contributed by atoms with Gasteiger partial charge in [-0.3, -0.25) is 19.5 Å². The van der Waals surface area contributed by atoms with Crippen LogP contribution in [0.25, 0.3) is 0 Å². The number of aliphatic hydroxyl groups is 1. The van der Waals surface area contributed by atoms with Gasteiger partial charge >= 0.3 is 6.18 Å². The van der Waals surface area contributed by atoms with Crippen LogP contribution >= 0.6 is 0 Å². The lowest BCUT2D eigenvalue weighted by molar-refractivity contribution is -0.142. The number of aromatic nitrogens is 1. The van der Waals surface area contributed by atoms with Gasteiger partial charge in [0.2, 0.25) is 5.91 Å². The van der Waals surface area contributed by atoms with E-state index in [-0.39, 0.29) is 42.5 Å². The molecule has 0 spiro atoms. The number of hydrogen-bond donors (Lipinski definition) is 2. The van der Waals surface area contributed by atoms with Crippen molar-refractivity contribution in [1.82, 2.24) is 14.8 Å². The summed E-state index contributed by atoms with van der Waals surface area (Å²) in [6, 6.07) is 7.87. The summed E-state index contributed by atoms with van der Waals surface area (Å²) in [5.74, 6) is -1.05. The fourth-order valence-electron chi connectivity index (χ4n) is 5.11. The molecule has 0 aliphatic carbocycles. The second kappa shape index (κ2) is 16.7. The molecule has 44 heavy (non-hydrogen) atoms. The third-order valence-electron chi connectivity index (χ3n) is 7.66. The Kier molecular flexibility index (Phi) is 13.4. The van der Waals surface area contributed by atoms with E-state index in [1.165, 1.54) is 12.1 Å². The average molecular weight is 623 g/mol. The number of amides is 2. The monoisotopic (exact) mass is 622 g/mol. The molecule has 1 aromatic heterocycles. The Bertz CT molecular complexity index is 1200. The van der Waals surface area contributed by atoms with Gasteiger partial charge in [-0.1, -0.05) is 6.92 Å². The van der Waals surface area contributed by atoms with Crippen molar-refractivity contribution in [3.8, 4) is 5.75 Å². The zero-order valence-corrected chi connectivity index (χ0v) is 26.0. The Hall–Kier alpha value is -3.22. The molecule has 0 radical (unpaired) electrons. The van der Waals surface area contributed by atoms with Gasteiger partial charge in [-0.25, -0.2) is 0 Å². The summed E-state index contributed by atoms with van der Waals surface area (Å²) in [4.78, 5) is 34.2. The first-order valence-corrected chi connectivity index (χ1v) is 15.1. The largest absolute Gasteiger partial charge is 0.490 e. The number of benzene rings is 1. The fourth-order valence-corrected chi connectivity index (χ4v) is 5.11. The number of anilines is 1. The summed E-state index contributed by atoms with van der Waals surface area (Å²) >= 11 is 0. The highest BCUT2D eigenvalue weighted by atomic mass is 19.4. The number of aliphatic hydroxyl groups excluding tert-OH is 1. The van der Waals surface area contributed by atoms with Gasteiger partial charge in [0.05, 0.1) is 36.8 Å². The molecule has 2 amide bonds. The van der Waals surface area contributed by atoms with Gasteiger partial charge in [0.15, 0.2) is 0 Å². The SMILES string of the molecule is C[C@@H]1CN([C@@H](C)CO)C(=O)c2cc(NC(=O)CCC(F)(F)F)ccc2O[C@@H](C)CCCCO[C@@H]1CN(C)Cc1ccncc1. The zero-order chi connectivity index (χ0) is 32.3. The Morgan fingerprint density at radius 1 is 1.20 bits per heavy atom. The molecule has 244 valence electrons. The maximum Gasteiger partial charge on any atom is 0.389 e. The number of pyridine rings is 1. The molecule has 0 fully saturated rings. The Labute approximate surface area is 257 Å². The molecule has 3 rings (SSSR count). The number of carbonyl (C=O) groups excluding carboxylic acids is 2. The normalized spacial score (nSPS) is 21.2. The number of ether oxygens (including phenoxy) is 2. The topological polar surface area (TPSA) is 104 Å². The van der Waals surface area contributed by atoms with Crippen molar-refractivity contribution < 1.29 is 37.3 Å². The van der Waals surface area contributed by atoms with Gasteiger partial charge in [-0.15, -0.1) is 0 Å². The third-order valence-corrected chi connectivity index (χ3v) is 7.66. The van der Waals surface area contributed by atoms with Crippen molar-refractivity contribution in [2.75, 3.05) is 38.7 Å². The quantitative estimate of drug-likeness (QED) is 0.392. The summed E-state index contributed by atoms with van der Waals surface area (Å²) in [5.41, 5.74) is 1.46. The van der Waals surface area contributed by atoms with E-state index in [2.05, 4.69) is 15.2 Å². The first-order valence-electron chi connectivity index (χ1n) is 15.1. The highest BCUT2D eigenvalue weighted by Crippen LogP contribution is 2.29. The van der Waals surface area contributed by atoms with E-state index < -0.39 is 36.9 Å². The van der Waals surface area contributed by atoms with E-state index in [1.54, 1.807) is 30.3 Å². The number of likely N-dealkylation sites (N-methyl/N-ethyl adjacent to an activating group) is 1. The summed E-state index contributed by atoms with van der Waals surface area (Å²) < 4.78 is 50.5. The van der Waals surface area contributed by atoms with Crippen molar-refractivity contribution in [2.45, 2.75) is 83.8 Å². The lowest BCUT2D eigenvalue weighted by Crippen LogP contribution is -2.47. The minimum atomic E-state index is -4.46. The molecule has 2 aromatic rings. The van der Waals surface area contributed by atoms with E-state index in [9.17, 15) is 27.9 Å². The Morgan fingerprint density at radius 3 is 2.61 bits per heavy atom. The molecule has 0 saturated heterocycles. The number of alkyl halides is 3. The van der Waals surface area contributed by atoms with Gasteiger partial charge in [0.1, 0.15) is 5.75 Å². The second-order valence-corrected chi connectivity index (χ2v) is 11.7. The van der Waals surface area contributed by atoms with Gasteiger partial charge in [-0.05, 0) is 76.1 Å². The lowest BCUT2D eigenvalue weighted by Gasteiger charge is -2.36. The average Bonchev–Trinajstić information content (AvgIpc) is 2.97. The summed E-state index contributed by atoms with van der Waals surface area (Å²) in [7, 11) is 2.01. The van der Waals surface area contributed by atoms with Crippen molar-refractivity contribution >= 4 is 17.5 Å². The maximum absolute atomic E-state index is 14.1. The van der Waals surface area contributed by atoms with Crippen LogP contribution in [0.3, 0.4) is 0 Å². The predicted molar refractivity (Wildman–Crippen MR) is 161 cm³/mol. The van der Waals surface area contributed by atoms with Crippen LogP contribution < -0.4 is 10.1 Å². The summed E-state index contributed by atoms with van der Waals surface area (Å²) in [6.07, 6.45) is -0.977. The van der Waals surface area contributed by atoms with Gasteiger partial charge < -0.3 is 24.8 Å². The molecule has 12 heteroatoms. The third kappa shape index (κ3) is 11.4. The van der Waals surface area contributed by atoms with E-state index in [1.807, 2.05) is 33.0 Å². The van der Waals surface area contributed by atoms with E-state index in [0.717, 1.165) is 18.4 Å². The van der Waals surface area contributed by atoms with Gasteiger partial charge in [0.25, 0.3) is 5.91 Å². The van der Waals surface area contributed by atoms with Gasteiger partial charge in [0, 0.05) is 56.7 Å². The molecule has 1 aliphatic rings. The Morgan fingerprint density at radius 2 is 1.93 bits per heavy atom. The molecule has 0 unspecified atom stereocenters. The van der Waals surface area contributed by atoms with E-state index in [4.69, 9.17) is 9.47 Å². The summed E-state index contributed by atoms with van der Waals surface area (Å²) in [6.45, 7) is 7.51. The van der Waals surface area contributed by atoms with Crippen molar-refractivity contribution in [3.63, 3.8) is 0 Å². The van der Waals surface area contributed by atoms with Crippen LogP contribution in [0.4, 0.5) is 18.9 Å². The smallest absolute Gasteiger partial charge is 0.389 e. The molecule has 0 bridgehead atoms. The molecule has 1 aromatic carbocycles. The van der Waals surface area contributed by atoms with E-state index in [0.29, 0.717) is 31.9 Å². The standard InChI is InChI=1S/C32H45F3N4O5/c1-22-18-39(23(2)21-40)31(42)27-17-26(37-30(41)10-13-32(33,34)35)8-9-28(27)44-24(3)7-5-6-16-43-29(22)20-38(4)19-25-11-14-36-15-12-25/h8-9,11-12,14-15,17,22-24,29,40H,5-7,10,13,16,18-21H2,1-4H3,(H,37,41)/t22-,23+,24+,29-/m1/s1. The van der Waals surface area contributed by atoms with Crippen LogP contribution in [0.5, 0.6) is 5.75 Å². The zero-order valence-electron chi connectivity index (χ0n) is 26.0.